The highest BCUT2D eigenvalue weighted by Crippen LogP contribution is 2.11. The number of amides is 2. The average Bonchev–Trinajstić information content (AvgIpc) is 3.18. The van der Waals surface area contributed by atoms with E-state index in [4.69, 9.17) is 4.42 Å². The number of nitrogens with zero attached hydrogens (tertiary/aromatic N) is 2. The molecule has 8 heteroatoms. The Kier molecular flexibility index (Phi) is 5.82. The predicted octanol–water partition coefficient (Wildman–Crippen LogP) is 1.65. The van der Waals surface area contributed by atoms with Gasteiger partial charge in [-0.2, -0.15) is 0 Å². The van der Waals surface area contributed by atoms with E-state index in [1.54, 1.807) is 34.1 Å². The molecule has 26 heavy (non-hydrogen) atoms. The number of hydrogen-bond donors (Lipinski definition) is 0. The van der Waals surface area contributed by atoms with Crippen molar-refractivity contribution in [2.75, 3.05) is 31.9 Å². The van der Waals surface area contributed by atoms with E-state index in [-0.39, 0.29) is 34.9 Å². The summed E-state index contributed by atoms with van der Waals surface area (Å²) < 4.78 is 30.2. The van der Waals surface area contributed by atoms with Gasteiger partial charge in [-0.25, -0.2) is 4.39 Å². The topological polar surface area (TPSA) is 70.8 Å². The first-order valence-electron chi connectivity index (χ1n) is 8.23. The first kappa shape index (κ1) is 18.3. The van der Waals surface area contributed by atoms with Crippen LogP contribution in [-0.4, -0.2) is 57.8 Å². The van der Waals surface area contributed by atoms with Crippen LogP contribution in [0.4, 0.5) is 4.39 Å². The summed E-state index contributed by atoms with van der Waals surface area (Å²) in [5.41, 5.74) is 0.728. The van der Waals surface area contributed by atoms with Gasteiger partial charge in [-0.1, -0.05) is 12.1 Å². The van der Waals surface area contributed by atoms with Gasteiger partial charge in [-0.3, -0.25) is 13.8 Å². The molecular formula is C18H19FN2O4S. The Bertz CT molecular complexity index is 784. The van der Waals surface area contributed by atoms with Crippen LogP contribution in [0.1, 0.15) is 16.1 Å². The molecule has 3 rings (SSSR count). The lowest BCUT2D eigenvalue weighted by Crippen LogP contribution is -2.51. The predicted molar refractivity (Wildman–Crippen MR) is 94.3 cm³/mol. The summed E-state index contributed by atoms with van der Waals surface area (Å²) >= 11 is 0. The van der Waals surface area contributed by atoms with Crippen molar-refractivity contribution in [3.8, 4) is 0 Å². The third-order valence-electron chi connectivity index (χ3n) is 4.18. The van der Waals surface area contributed by atoms with Crippen LogP contribution in [0.25, 0.3) is 0 Å². The standard InChI is InChI=1S/C18H19FN2O4S/c19-15-5-3-14(4-6-15)12-26(24)13-17(22)20-7-9-21(10-8-20)18(23)16-2-1-11-25-16/h1-6,11H,7-10,12-13H2. The Morgan fingerprint density at radius 2 is 1.69 bits per heavy atom. The fourth-order valence-electron chi connectivity index (χ4n) is 2.76. The van der Waals surface area contributed by atoms with Crippen LogP contribution in [-0.2, 0) is 21.3 Å². The molecule has 6 nitrogen and oxygen atoms in total. The summed E-state index contributed by atoms with van der Waals surface area (Å²) in [5.74, 6) is -0.327. The molecule has 1 aromatic heterocycles. The van der Waals surface area contributed by atoms with Crippen molar-refractivity contribution in [2.45, 2.75) is 5.75 Å². The van der Waals surface area contributed by atoms with E-state index in [2.05, 4.69) is 0 Å². The molecule has 1 unspecified atom stereocenters. The van der Waals surface area contributed by atoms with Gasteiger partial charge in [0.05, 0.1) is 6.26 Å². The lowest BCUT2D eigenvalue weighted by atomic mass is 10.2. The number of benzene rings is 1. The summed E-state index contributed by atoms with van der Waals surface area (Å²) in [4.78, 5) is 27.8. The van der Waals surface area contributed by atoms with Crippen LogP contribution in [0, 0.1) is 5.82 Å². The average molecular weight is 378 g/mol. The number of rotatable bonds is 5. The second kappa shape index (κ2) is 8.27. The van der Waals surface area contributed by atoms with Gasteiger partial charge < -0.3 is 14.2 Å². The molecule has 138 valence electrons. The minimum Gasteiger partial charge on any atom is -0.459 e. The Labute approximate surface area is 153 Å². The SMILES string of the molecule is O=C(CS(=O)Cc1ccc(F)cc1)N1CCN(C(=O)c2ccco2)CC1. The quantitative estimate of drug-likeness (QED) is 0.793. The van der Waals surface area contributed by atoms with Crippen molar-refractivity contribution in [3.05, 3.63) is 59.8 Å². The molecular weight excluding hydrogens is 359 g/mol. The van der Waals surface area contributed by atoms with Crippen LogP contribution in [0.2, 0.25) is 0 Å². The van der Waals surface area contributed by atoms with Crippen molar-refractivity contribution in [1.82, 2.24) is 9.80 Å². The molecule has 1 aromatic carbocycles. The number of piperazine rings is 1. The Morgan fingerprint density at radius 1 is 1.04 bits per heavy atom. The van der Waals surface area contributed by atoms with Crippen LogP contribution >= 0.6 is 0 Å². The van der Waals surface area contributed by atoms with E-state index in [0.717, 1.165) is 5.56 Å². The molecule has 0 spiro atoms. The minimum absolute atomic E-state index is 0.0799. The summed E-state index contributed by atoms with van der Waals surface area (Å²) in [5, 5.41) is 0. The molecule has 1 fully saturated rings. The lowest BCUT2D eigenvalue weighted by molar-refractivity contribution is -0.129. The number of hydrogen-bond acceptors (Lipinski definition) is 4. The molecule has 1 saturated heterocycles. The zero-order valence-corrected chi connectivity index (χ0v) is 14.9. The zero-order valence-electron chi connectivity index (χ0n) is 14.1. The smallest absolute Gasteiger partial charge is 0.289 e. The third kappa shape index (κ3) is 4.57. The first-order valence-corrected chi connectivity index (χ1v) is 9.72. The largest absolute Gasteiger partial charge is 0.459 e. The lowest BCUT2D eigenvalue weighted by Gasteiger charge is -2.34. The monoisotopic (exact) mass is 378 g/mol. The normalized spacial score (nSPS) is 15.7. The molecule has 1 aliphatic rings. The fourth-order valence-corrected chi connectivity index (χ4v) is 3.89. The summed E-state index contributed by atoms with van der Waals surface area (Å²) in [7, 11) is -1.36. The van der Waals surface area contributed by atoms with Gasteiger partial charge >= 0.3 is 0 Å². The van der Waals surface area contributed by atoms with Gasteiger partial charge in [0.15, 0.2) is 5.76 Å². The fraction of sp³-hybridized carbons (Fsp3) is 0.333. The van der Waals surface area contributed by atoms with Crippen molar-refractivity contribution in [3.63, 3.8) is 0 Å². The zero-order chi connectivity index (χ0) is 18.5. The second-order valence-electron chi connectivity index (χ2n) is 6.01. The second-order valence-corrected chi connectivity index (χ2v) is 7.46. The number of carbonyl (C=O) groups is 2. The van der Waals surface area contributed by atoms with E-state index in [1.165, 1.54) is 18.4 Å². The molecule has 0 radical (unpaired) electrons. The summed E-state index contributed by atoms with van der Waals surface area (Å²) in [6, 6.07) is 9.02. The summed E-state index contributed by atoms with van der Waals surface area (Å²) in [6.45, 7) is 1.63. The van der Waals surface area contributed by atoms with E-state index >= 15 is 0 Å². The van der Waals surface area contributed by atoms with Gasteiger partial charge in [0, 0.05) is 42.7 Å². The molecule has 1 aliphatic heterocycles. The highest BCUT2D eigenvalue weighted by Gasteiger charge is 2.26. The van der Waals surface area contributed by atoms with Gasteiger partial charge in [0.25, 0.3) is 5.91 Å². The maximum atomic E-state index is 12.9. The number of carbonyl (C=O) groups excluding carboxylic acids is 2. The van der Waals surface area contributed by atoms with Gasteiger partial charge in [-0.15, -0.1) is 0 Å². The minimum atomic E-state index is -1.36. The Morgan fingerprint density at radius 3 is 2.31 bits per heavy atom. The van der Waals surface area contributed by atoms with Crippen molar-refractivity contribution in [2.24, 2.45) is 0 Å². The van der Waals surface area contributed by atoms with Crippen molar-refractivity contribution < 1.29 is 22.6 Å². The van der Waals surface area contributed by atoms with Gasteiger partial charge in [-0.05, 0) is 29.8 Å². The van der Waals surface area contributed by atoms with Crippen LogP contribution in [0.15, 0.2) is 47.1 Å². The molecule has 0 aliphatic carbocycles. The van der Waals surface area contributed by atoms with E-state index in [0.29, 0.717) is 26.2 Å². The van der Waals surface area contributed by atoms with E-state index in [9.17, 15) is 18.2 Å². The van der Waals surface area contributed by atoms with Crippen LogP contribution < -0.4 is 0 Å². The Balaban J connectivity index is 1.46. The molecule has 0 saturated carbocycles. The van der Waals surface area contributed by atoms with E-state index < -0.39 is 10.8 Å². The molecule has 2 heterocycles. The van der Waals surface area contributed by atoms with Gasteiger partial charge in [0.1, 0.15) is 11.6 Å². The molecule has 0 N–H and O–H groups in total. The number of halogens is 1. The Hall–Kier alpha value is -2.48. The van der Waals surface area contributed by atoms with Crippen LogP contribution in [0.5, 0.6) is 0 Å². The first-order chi connectivity index (χ1) is 12.5. The maximum Gasteiger partial charge on any atom is 0.289 e. The third-order valence-corrected chi connectivity index (χ3v) is 5.40. The maximum absolute atomic E-state index is 12.9. The summed E-state index contributed by atoms with van der Waals surface area (Å²) in [6.07, 6.45) is 1.45. The number of furan rings is 1. The van der Waals surface area contributed by atoms with Crippen molar-refractivity contribution >= 4 is 22.6 Å². The van der Waals surface area contributed by atoms with Gasteiger partial charge in [0.2, 0.25) is 5.91 Å². The highest BCUT2D eigenvalue weighted by atomic mass is 32.2. The molecule has 2 amide bonds. The van der Waals surface area contributed by atoms with Crippen LogP contribution in [0.3, 0.4) is 0 Å². The highest BCUT2D eigenvalue weighted by molar-refractivity contribution is 7.84. The molecule has 1 atom stereocenters. The molecule has 0 bridgehead atoms. The molecule has 2 aromatic rings. The van der Waals surface area contributed by atoms with E-state index in [1.807, 2.05) is 0 Å². The van der Waals surface area contributed by atoms with Crippen molar-refractivity contribution in [1.29, 1.82) is 0 Å².